The molecule has 1 N–H and O–H groups in total. The Morgan fingerprint density at radius 1 is 1.12 bits per heavy atom. The number of carbonyl (C=O) groups excluding carboxylic acids is 2. The molecule has 1 aliphatic rings. The van der Waals surface area contributed by atoms with Crippen LogP contribution in [0.25, 0.3) is 10.9 Å². The highest BCUT2D eigenvalue weighted by molar-refractivity contribution is 6.27. The lowest BCUT2D eigenvalue weighted by Crippen LogP contribution is -2.36. The topological polar surface area (TPSA) is 59.3 Å². The summed E-state index contributed by atoms with van der Waals surface area (Å²) < 4.78 is 2.01. The second-order valence-electron chi connectivity index (χ2n) is 7.47. The van der Waals surface area contributed by atoms with Gasteiger partial charge in [-0.05, 0) is 50.3 Å². The smallest absolute Gasteiger partial charge is 0.174 e. The summed E-state index contributed by atoms with van der Waals surface area (Å²) in [5.74, 6) is -0.0648. The lowest BCUT2D eigenvalue weighted by molar-refractivity contribution is -0.133. The molecule has 4 nitrogen and oxygen atoms in total. The van der Waals surface area contributed by atoms with E-state index in [-0.39, 0.29) is 18.2 Å². The molecule has 1 aromatic carbocycles. The van der Waals surface area contributed by atoms with E-state index in [9.17, 15) is 14.7 Å². The van der Waals surface area contributed by atoms with E-state index in [1.54, 1.807) is 13.8 Å². The first-order valence-electron chi connectivity index (χ1n) is 9.41. The molecule has 26 heavy (non-hydrogen) atoms. The molecule has 1 heterocycles. The van der Waals surface area contributed by atoms with E-state index in [1.165, 1.54) is 0 Å². The number of hydrogen-bond donors (Lipinski definition) is 1. The standard InChI is InChI=1S/C22H27NO3/c1-4-5-8-17-15(2)20(25)22(3,21(17)26)14-23-13-16(11-12-24)18-9-6-7-10-19(18)23/h6-7,9-10,13,24H,4-5,8,11-12,14H2,1-3H3. The van der Waals surface area contributed by atoms with Crippen molar-refractivity contribution in [2.24, 2.45) is 5.41 Å². The van der Waals surface area contributed by atoms with Gasteiger partial charge in [-0.3, -0.25) is 9.59 Å². The van der Waals surface area contributed by atoms with Gasteiger partial charge in [0.25, 0.3) is 0 Å². The number of aromatic nitrogens is 1. The Morgan fingerprint density at radius 2 is 1.85 bits per heavy atom. The largest absolute Gasteiger partial charge is 0.396 e. The summed E-state index contributed by atoms with van der Waals surface area (Å²) >= 11 is 0. The Kier molecular flexibility index (Phi) is 5.15. The van der Waals surface area contributed by atoms with E-state index in [1.807, 2.05) is 35.0 Å². The lowest BCUT2D eigenvalue weighted by atomic mass is 9.83. The van der Waals surface area contributed by atoms with Crippen molar-refractivity contribution < 1.29 is 14.7 Å². The summed E-state index contributed by atoms with van der Waals surface area (Å²) in [5.41, 5.74) is 2.35. The number of hydrogen-bond acceptors (Lipinski definition) is 3. The summed E-state index contributed by atoms with van der Waals surface area (Å²) in [7, 11) is 0. The zero-order valence-electron chi connectivity index (χ0n) is 15.8. The highest BCUT2D eigenvalue weighted by Gasteiger charge is 2.49. The summed E-state index contributed by atoms with van der Waals surface area (Å²) in [6, 6.07) is 7.95. The van der Waals surface area contributed by atoms with Gasteiger partial charge in [0, 0.05) is 35.8 Å². The minimum absolute atomic E-state index is 0.0186. The molecule has 1 aliphatic carbocycles. The minimum Gasteiger partial charge on any atom is -0.396 e. The Balaban J connectivity index is 1.98. The van der Waals surface area contributed by atoms with E-state index < -0.39 is 5.41 Å². The predicted octanol–water partition coefficient (Wildman–Crippen LogP) is 3.84. The van der Waals surface area contributed by atoms with E-state index in [0.29, 0.717) is 30.5 Å². The summed E-state index contributed by atoms with van der Waals surface area (Å²) in [4.78, 5) is 26.0. The van der Waals surface area contributed by atoms with Gasteiger partial charge in [0.15, 0.2) is 11.6 Å². The van der Waals surface area contributed by atoms with Crippen molar-refractivity contribution in [2.75, 3.05) is 6.61 Å². The Morgan fingerprint density at radius 3 is 2.54 bits per heavy atom. The molecule has 138 valence electrons. The number of unbranched alkanes of at least 4 members (excludes halogenated alkanes) is 1. The number of carbonyl (C=O) groups is 2. The highest BCUT2D eigenvalue weighted by atomic mass is 16.3. The van der Waals surface area contributed by atoms with Gasteiger partial charge in [-0.2, -0.15) is 0 Å². The summed E-state index contributed by atoms with van der Waals surface area (Å²) in [6.45, 7) is 6.07. The van der Waals surface area contributed by atoms with Crippen molar-refractivity contribution in [2.45, 2.75) is 53.0 Å². The summed E-state index contributed by atoms with van der Waals surface area (Å²) in [5, 5.41) is 10.4. The van der Waals surface area contributed by atoms with Crippen LogP contribution in [0.5, 0.6) is 0 Å². The second-order valence-corrected chi connectivity index (χ2v) is 7.47. The molecule has 0 spiro atoms. The van der Waals surface area contributed by atoms with Crippen molar-refractivity contribution >= 4 is 22.5 Å². The van der Waals surface area contributed by atoms with Crippen LogP contribution in [0.4, 0.5) is 0 Å². The number of nitrogens with zero attached hydrogens (tertiary/aromatic N) is 1. The fraction of sp³-hybridized carbons (Fsp3) is 0.455. The van der Waals surface area contributed by atoms with Crippen LogP contribution in [0.3, 0.4) is 0 Å². The number of para-hydroxylation sites is 1. The Bertz CT molecular complexity index is 890. The average molecular weight is 353 g/mol. The molecule has 0 amide bonds. The van der Waals surface area contributed by atoms with Crippen molar-refractivity contribution in [1.82, 2.24) is 4.57 Å². The quantitative estimate of drug-likeness (QED) is 0.769. The van der Waals surface area contributed by atoms with E-state index >= 15 is 0 Å². The highest BCUT2D eigenvalue weighted by Crippen LogP contribution is 2.39. The molecule has 1 atom stereocenters. The predicted molar refractivity (Wildman–Crippen MR) is 103 cm³/mol. The molecule has 1 aromatic heterocycles. The molecule has 0 saturated carbocycles. The van der Waals surface area contributed by atoms with Crippen molar-refractivity contribution in [3.63, 3.8) is 0 Å². The molecule has 0 saturated heterocycles. The van der Waals surface area contributed by atoms with Crippen LogP contribution >= 0.6 is 0 Å². The average Bonchev–Trinajstić information content (AvgIpc) is 3.05. The lowest BCUT2D eigenvalue weighted by Gasteiger charge is -2.23. The van der Waals surface area contributed by atoms with Gasteiger partial charge in [0.05, 0.1) is 0 Å². The maximum Gasteiger partial charge on any atom is 0.174 e. The van der Waals surface area contributed by atoms with E-state index in [4.69, 9.17) is 0 Å². The SMILES string of the molecule is CCCCC1=C(C)C(=O)C(C)(Cn2cc(CCO)c3ccccc32)C1=O. The van der Waals surface area contributed by atoms with Crippen LogP contribution in [0.1, 0.15) is 45.6 Å². The normalized spacial score (nSPS) is 20.6. The van der Waals surface area contributed by atoms with E-state index in [2.05, 4.69) is 6.92 Å². The summed E-state index contributed by atoms with van der Waals surface area (Å²) in [6.07, 6.45) is 5.15. The fourth-order valence-corrected chi connectivity index (χ4v) is 4.07. The van der Waals surface area contributed by atoms with Gasteiger partial charge in [0.1, 0.15) is 5.41 Å². The van der Waals surface area contributed by atoms with Crippen LogP contribution in [0, 0.1) is 5.41 Å². The van der Waals surface area contributed by atoms with Gasteiger partial charge in [0.2, 0.25) is 0 Å². The molecule has 0 radical (unpaired) electrons. The number of ketones is 2. The fourth-order valence-electron chi connectivity index (χ4n) is 4.07. The van der Waals surface area contributed by atoms with E-state index in [0.717, 1.165) is 29.3 Å². The molecule has 0 bridgehead atoms. The maximum atomic E-state index is 13.1. The third kappa shape index (κ3) is 2.92. The Hall–Kier alpha value is -2.20. The maximum absolute atomic E-state index is 13.1. The molecular formula is C22H27NO3. The molecule has 4 heteroatoms. The number of aliphatic hydroxyl groups is 1. The van der Waals surface area contributed by atoms with Crippen LogP contribution in [0.15, 0.2) is 41.6 Å². The monoisotopic (exact) mass is 353 g/mol. The Labute approximate surface area is 154 Å². The second kappa shape index (κ2) is 7.20. The van der Waals surface area contributed by atoms with Gasteiger partial charge in [-0.1, -0.05) is 31.5 Å². The van der Waals surface area contributed by atoms with Crippen LogP contribution < -0.4 is 0 Å². The van der Waals surface area contributed by atoms with Crippen molar-refractivity contribution in [3.8, 4) is 0 Å². The zero-order valence-corrected chi connectivity index (χ0v) is 15.8. The molecule has 1 unspecified atom stereocenters. The molecule has 3 rings (SSSR count). The molecular weight excluding hydrogens is 326 g/mol. The molecule has 0 fully saturated rings. The van der Waals surface area contributed by atoms with Crippen LogP contribution in [-0.4, -0.2) is 27.8 Å². The molecule has 0 aliphatic heterocycles. The number of allylic oxidation sites excluding steroid dienone is 2. The van der Waals surface area contributed by atoms with Gasteiger partial charge >= 0.3 is 0 Å². The number of Topliss-reactive ketones (excluding diaryl/α,β-unsaturated/α-hetero) is 2. The zero-order chi connectivity index (χ0) is 18.9. The number of benzene rings is 1. The first-order chi connectivity index (χ1) is 12.4. The number of fused-ring (bicyclic) bond motifs is 1. The number of rotatable bonds is 7. The van der Waals surface area contributed by atoms with Crippen molar-refractivity contribution in [1.29, 1.82) is 0 Å². The third-order valence-corrected chi connectivity index (χ3v) is 5.59. The van der Waals surface area contributed by atoms with Crippen LogP contribution in [-0.2, 0) is 22.6 Å². The van der Waals surface area contributed by atoms with Crippen molar-refractivity contribution in [3.05, 3.63) is 47.2 Å². The first kappa shape index (κ1) is 18.6. The van der Waals surface area contributed by atoms with Gasteiger partial charge in [-0.15, -0.1) is 0 Å². The molecule has 2 aromatic rings. The minimum atomic E-state index is -1.04. The van der Waals surface area contributed by atoms with Crippen LogP contribution in [0.2, 0.25) is 0 Å². The number of aliphatic hydroxyl groups excluding tert-OH is 1. The third-order valence-electron chi connectivity index (χ3n) is 5.59. The first-order valence-corrected chi connectivity index (χ1v) is 9.41. The van der Waals surface area contributed by atoms with Gasteiger partial charge in [-0.25, -0.2) is 0 Å². The van der Waals surface area contributed by atoms with Gasteiger partial charge < -0.3 is 9.67 Å².